The van der Waals surface area contributed by atoms with E-state index in [1.165, 1.54) is 0 Å². The Hall–Kier alpha value is -0.0400. The van der Waals surface area contributed by atoms with E-state index in [1.54, 1.807) is 6.92 Å². The molecule has 0 saturated carbocycles. The maximum atomic E-state index is 9.81. The van der Waals surface area contributed by atoms with E-state index in [9.17, 15) is 4.79 Å². The second-order valence-corrected chi connectivity index (χ2v) is 1.06. The van der Waals surface area contributed by atoms with Gasteiger partial charge in [-0.2, -0.15) is 0 Å². The number of rotatable bonds is 1. The van der Waals surface area contributed by atoms with Gasteiger partial charge in [-0.25, -0.2) is 0 Å². The molecule has 6 heavy (non-hydrogen) atoms. The minimum Gasteiger partial charge on any atom is -0.300 e. The zero-order valence-electron chi connectivity index (χ0n) is 4.02. The zero-order valence-corrected chi connectivity index (χ0v) is 4.84. The van der Waals surface area contributed by atoms with E-state index in [0.29, 0.717) is 6.42 Å². The van der Waals surface area contributed by atoms with E-state index < -0.39 is 0 Å². The first-order valence-corrected chi connectivity index (χ1v) is 1.76. The lowest BCUT2D eigenvalue weighted by Crippen LogP contribution is -1.80. The summed E-state index contributed by atoms with van der Waals surface area (Å²) in [6.45, 7) is 3.43. The van der Waals surface area contributed by atoms with Gasteiger partial charge in [0.15, 0.2) is 0 Å². The summed E-state index contributed by atoms with van der Waals surface area (Å²) in [6, 6.07) is 0. The first kappa shape index (κ1) is 9.35. The Morgan fingerprint density at radius 1 is 1.67 bits per heavy atom. The van der Waals surface area contributed by atoms with Gasteiger partial charge in [-0.05, 0) is 6.92 Å². The highest BCUT2D eigenvalue weighted by Gasteiger charge is 1.76. The van der Waals surface area contributed by atoms with E-state index in [1.807, 2.05) is 6.92 Å². The molecule has 0 radical (unpaired) electrons. The Balaban J connectivity index is 0. The van der Waals surface area contributed by atoms with Crippen molar-refractivity contribution in [2.75, 3.05) is 0 Å². The largest absolute Gasteiger partial charge is 0.300 e. The molecule has 0 N–H and O–H groups in total. The molecule has 0 heterocycles. The van der Waals surface area contributed by atoms with Gasteiger partial charge in [0.1, 0.15) is 5.78 Å². The number of hydrogen-bond donors (Lipinski definition) is 0. The predicted molar refractivity (Wildman–Crippen MR) is 28.2 cm³/mol. The fourth-order valence-electron chi connectivity index (χ4n) is 0. The Labute approximate surface area is 44.1 Å². The number of halogens is 1. The molecule has 1 nitrogen and oxygen atoms in total. The number of carbonyl (C=O) groups is 1. The van der Waals surface area contributed by atoms with Crippen LogP contribution in [0.25, 0.3) is 0 Å². The summed E-state index contributed by atoms with van der Waals surface area (Å²) in [5, 5.41) is 0. The third-order valence-corrected chi connectivity index (χ3v) is 0.498. The van der Waals surface area contributed by atoms with Crippen LogP contribution in [0.3, 0.4) is 0 Å². The van der Waals surface area contributed by atoms with Crippen molar-refractivity contribution in [3.8, 4) is 0 Å². The number of hydrogen-bond acceptors (Lipinski definition) is 1. The van der Waals surface area contributed by atoms with Crippen molar-refractivity contribution in [3.05, 3.63) is 0 Å². The van der Waals surface area contributed by atoms with Crippen LogP contribution in [-0.4, -0.2) is 5.78 Å². The van der Waals surface area contributed by atoms with Gasteiger partial charge in [-0.3, -0.25) is 0 Å². The molecule has 0 rings (SSSR count). The third-order valence-electron chi connectivity index (χ3n) is 0.498. The van der Waals surface area contributed by atoms with Gasteiger partial charge < -0.3 is 4.79 Å². The summed E-state index contributed by atoms with van der Waals surface area (Å²) in [7, 11) is 0. The first-order valence-electron chi connectivity index (χ1n) is 1.76. The van der Waals surface area contributed by atoms with Crippen molar-refractivity contribution in [2.45, 2.75) is 20.3 Å². The van der Waals surface area contributed by atoms with Crippen LogP contribution in [-0.2, 0) is 4.79 Å². The molecule has 38 valence electrons. The second-order valence-electron chi connectivity index (χ2n) is 1.06. The van der Waals surface area contributed by atoms with Crippen LogP contribution >= 0.6 is 12.4 Å². The molecule has 0 aliphatic rings. The maximum Gasteiger partial charge on any atom is 0.129 e. The second kappa shape index (κ2) is 4.96. The lowest BCUT2D eigenvalue weighted by atomic mass is 10.4. The van der Waals surface area contributed by atoms with Crippen LogP contribution < -0.4 is 0 Å². The summed E-state index contributed by atoms with van der Waals surface area (Å²) in [5.41, 5.74) is 0. The van der Waals surface area contributed by atoms with Crippen molar-refractivity contribution < 1.29 is 4.79 Å². The summed E-state index contributed by atoms with van der Waals surface area (Å²) < 4.78 is 0. The highest BCUT2D eigenvalue weighted by molar-refractivity contribution is 5.85. The van der Waals surface area contributed by atoms with Gasteiger partial charge >= 0.3 is 0 Å². The predicted octanol–water partition coefficient (Wildman–Crippen LogP) is 1.41. The van der Waals surface area contributed by atoms with E-state index in [0.717, 1.165) is 0 Å². The van der Waals surface area contributed by atoms with Crippen molar-refractivity contribution in [1.82, 2.24) is 0 Å². The van der Waals surface area contributed by atoms with Crippen LogP contribution in [0.15, 0.2) is 0 Å². The summed E-state index contributed by atoms with van der Waals surface area (Å²) in [6.07, 6.45) is 0.667. The maximum absolute atomic E-state index is 9.81. The van der Waals surface area contributed by atoms with Crippen molar-refractivity contribution in [1.29, 1.82) is 0 Å². The van der Waals surface area contributed by atoms with E-state index in [-0.39, 0.29) is 18.2 Å². The molecule has 0 unspecified atom stereocenters. The van der Waals surface area contributed by atoms with Gasteiger partial charge in [-0.15, -0.1) is 12.4 Å². The molecule has 0 aromatic carbocycles. The Morgan fingerprint density at radius 3 is 1.83 bits per heavy atom. The van der Waals surface area contributed by atoms with Crippen LogP contribution in [0.5, 0.6) is 0 Å². The van der Waals surface area contributed by atoms with Gasteiger partial charge in [-0.1, -0.05) is 6.92 Å². The average molecular weight is 109 g/mol. The Kier molecular flexibility index (Phi) is 7.73. The molecule has 0 bridgehead atoms. The molecule has 0 atom stereocenters. The van der Waals surface area contributed by atoms with Gasteiger partial charge in [0, 0.05) is 6.42 Å². The molecule has 0 saturated heterocycles. The third kappa shape index (κ3) is 9.03. The SMILES string of the molecule is CCC(C)=O.Cl. The average Bonchev–Trinajstić information content (AvgIpc) is 1.38. The summed E-state index contributed by atoms with van der Waals surface area (Å²) in [5.74, 6) is 0.255. The van der Waals surface area contributed by atoms with Crippen LogP contribution in [0.4, 0.5) is 0 Å². The molecule has 2 heteroatoms. The first-order chi connectivity index (χ1) is 2.27. The van der Waals surface area contributed by atoms with Crippen LogP contribution in [0, 0.1) is 0 Å². The topological polar surface area (TPSA) is 17.1 Å². The van der Waals surface area contributed by atoms with Crippen LogP contribution in [0.2, 0.25) is 0 Å². The van der Waals surface area contributed by atoms with Crippen LogP contribution in [0.1, 0.15) is 20.3 Å². The highest BCUT2D eigenvalue weighted by atomic mass is 35.5. The van der Waals surface area contributed by atoms with Gasteiger partial charge in [0.05, 0.1) is 0 Å². The van der Waals surface area contributed by atoms with E-state index in [4.69, 9.17) is 0 Å². The Bertz CT molecular complexity index is 42.8. The molecule has 0 spiro atoms. The van der Waals surface area contributed by atoms with E-state index >= 15 is 0 Å². The number of carbonyl (C=O) groups excluding carboxylic acids is 1. The summed E-state index contributed by atoms with van der Waals surface area (Å²) in [4.78, 5) is 9.81. The zero-order chi connectivity index (χ0) is 4.28. The molecule has 0 fully saturated rings. The number of ketones is 1. The van der Waals surface area contributed by atoms with Crippen molar-refractivity contribution >= 4 is 18.2 Å². The molecule has 0 aromatic heterocycles. The lowest BCUT2D eigenvalue weighted by molar-refractivity contribution is -0.116. The minimum absolute atomic E-state index is 0. The highest BCUT2D eigenvalue weighted by Crippen LogP contribution is 1.71. The molecule has 0 amide bonds. The molecular weight excluding hydrogens is 99.5 g/mol. The quantitative estimate of drug-likeness (QED) is 0.496. The number of Topliss-reactive ketones (excluding diaryl/α,β-unsaturated/α-hetero) is 1. The lowest BCUT2D eigenvalue weighted by Gasteiger charge is -1.71. The van der Waals surface area contributed by atoms with Gasteiger partial charge in [0.2, 0.25) is 0 Å². The fourth-order valence-corrected chi connectivity index (χ4v) is 0. The molecule has 0 aliphatic carbocycles. The standard InChI is InChI=1S/C4H8O.ClH/c1-3-4(2)5;/h3H2,1-2H3;1H. The molecule has 0 aliphatic heterocycles. The van der Waals surface area contributed by atoms with E-state index in [2.05, 4.69) is 0 Å². The summed E-state index contributed by atoms with van der Waals surface area (Å²) >= 11 is 0. The Morgan fingerprint density at radius 2 is 1.83 bits per heavy atom. The smallest absolute Gasteiger partial charge is 0.129 e. The van der Waals surface area contributed by atoms with Gasteiger partial charge in [0.25, 0.3) is 0 Å². The van der Waals surface area contributed by atoms with Crippen molar-refractivity contribution in [3.63, 3.8) is 0 Å². The minimum atomic E-state index is 0. The monoisotopic (exact) mass is 108 g/mol. The fraction of sp³-hybridized carbons (Fsp3) is 0.750. The molecule has 0 aromatic rings. The van der Waals surface area contributed by atoms with Crippen molar-refractivity contribution in [2.24, 2.45) is 0 Å². The normalized spacial score (nSPS) is 6.33. The molecular formula is C4H9ClO.